The van der Waals surface area contributed by atoms with Crippen LogP contribution >= 0.6 is 11.3 Å². The van der Waals surface area contributed by atoms with E-state index in [0.29, 0.717) is 12.8 Å². The van der Waals surface area contributed by atoms with Crippen LogP contribution in [-0.2, 0) is 11.2 Å². The first kappa shape index (κ1) is 13.5. The summed E-state index contributed by atoms with van der Waals surface area (Å²) in [6.45, 7) is 0. The first-order valence-corrected chi connectivity index (χ1v) is 7.36. The summed E-state index contributed by atoms with van der Waals surface area (Å²) < 4.78 is 1.12. The summed E-state index contributed by atoms with van der Waals surface area (Å²) in [6, 6.07) is 11.1. The minimum atomic E-state index is -0.300. The SMILES string of the molecule is O=C(CCc1nc2ccccc2s1)Nc1ccc[nH]c1=O. The molecule has 0 fully saturated rings. The predicted octanol–water partition coefficient (Wildman–Crippen LogP) is 2.56. The molecule has 1 amide bonds. The van der Waals surface area contributed by atoms with Crippen LogP contribution in [-0.4, -0.2) is 15.9 Å². The molecule has 0 radical (unpaired) electrons. The molecule has 2 aromatic heterocycles. The van der Waals surface area contributed by atoms with E-state index >= 15 is 0 Å². The lowest BCUT2D eigenvalue weighted by Crippen LogP contribution is -2.19. The van der Waals surface area contributed by atoms with Gasteiger partial charge in [0, 0.05) is 19.0 Å². The fourth-order valence-electron chi connectivity index (χ4n) is 1.98. The highest BCUT2D eigenvalue weighted by atomic mass is 32.1. The Morgan fingerprint density at radius 1 is 1.24 bits per heavy atom. The molecule has 106 valence electrons. The van der Waals surface area contributed by atoms with Crippen molar-refractivity contribution >= 4 is 33.1 Å². The van der Waals surface area contributed by atoms with E-state index in [1.807, 2.05) is 24.3 Å². The maximum Gasteiger partial charge on any atom is 0.271 e. The van der Waals surface area contributed by atoms with Gasteiger partial charge in [0.25, 0.3) is 5.56 Å². The topological polar surface area (TPSA) is 74.8 Å². The quantitative estimate of drug-likeness (QED) is 0.777. The summed E-state index contributed by atoms with van der Waals surface area (Å²) in [7, 11) is 0. The fourth-order valence-corrected chi connectivity index (χ4v) is 2.95. The van der Waals surface area contributed by atoms with Gasteiger partial charge in [-0.15, -0.1) is 11.3 Å². The number of carbonyl (C=O) groups is 1. The van der Waals surface area contributed by atoms with Crippen LogP contribution in [0.1, 0.15) is 11.4 Å². The number of anilines is 1. The highest BCUT2D eigenvalue weighted by molar-refractivity contribution is 7.18. The molecule has 0 bridgehead atoms. The third kappa shape index (κ3) is 3.17. The van der Waals surface area contributed by atoms with Crippen LogP contribution in [0.15, 0.2) is 47.4 Å². The summed E-state index contributed by atoms with van der Waals surface area (Å²) in [4.78, 5) is 30.3. The van der Waals surface area contributed by atoms with Crippen molar-refractivity contribution in [3.8, 4) is 0 Å². The zero-order chi connectivity index (χ0) is 14.7. The molecule has 21 heavy (non-hydrogen) atoms. The van der Waals surface area contributed by atoms with Gasteiger partial charge in [-0.3, -0.25) is 9.59 Å². The normalized spacial score (nSPS) is 10.7. The zero-order valence-corrected chi connectivity index (χ0v) is 11.9. The monoisotopic (exact) mass is 299 g/mol. The number of pyridine rings is 1. The second kappa shape index (κ2) is 5.88. The number of amides is 1. The number of benzene rings is 1. The maximum absolute atomic E-state index is 11.9. The van der Waals surface area contributed by atoms with Crippen LogP contribution in [0.3, 0.4) is 0 Å². The third-order valence-electron chi connectivity index (χ3n) is 3.00. The molecule has 0 unspecified atom stereocenters. The van der Waals surface area contributed by atoms with Crippen molar-refractivity contribution in [2.45, 2.75) is 12.8 Å². The molecule has 0 aliphatic carbocycles. The average Bonchev–Trinajstić information content (AvgIpc) is 2.90. The number of aryl methyl sites for hydroxylation is 1. The van der Waals surface area contributed by atoms with Crippen molar-refractivity contribution < 1.29 is 4.79 Å². The van der Waals surface area contributed by atoms with Crippen LogP contribution < -0.4 is 10.9 Å². The van der Waals surface area contributed by atoms with E-state index in [2.05, 4.69) is 15.3 Å². The Bertz CT molecular complexity index is 805. The van der Waals surface area contributed by atoms with Crippen LogP contribution in [0.2, 0.25) is 0 Å². The maximum atomic E-state index is 11.9. The number of aromatic amines is 1. The largest absolute Gasteiger partial charge is 0.327 e. The highest BCUT2D eigenvalue weighted by Crippen LogP contribution is 2.22. The van der Waals surface area contributed by atoms with E-state index in [9.17, 15) is 9.59 Å². The molecular formula is C15H13N3O2S. The van der Waals surface area contributed by atoms with Gasteiger partial charge < -0.3 is 10.3 Å². The summed E-state index contributed by atoms with van der Waals surface area (Å²) in [5.74, 6) is -0.189. The third-order valence-corrected chi connectivity index (χ3v) is 4.09. The molecule has 3 rings (SSSR count). The average molecular weight is 299 g/mol. The molecule has 6 heteroatoms. The van der Waals surface area contributed by atoms with Crippen LogP contribution in [0.25, 0.3) is 10.2 Å². The van der Waals surface area contributed by atoms with E-state index in [0.717, 1.165) is 15.2 Å². The van der Waals surface area contributed by atoms with Gasteiger partial charge in [0.1, 0.15) is 5.69 Å². The van der Waals surface area contributed by atoms with E-state index in [-0.39, 0.29) is 17.2 Å². The van der Waals surface area contributed by atoms with Gasteiger partial charge in [-0.25, -0.2) is 4.98 Å². The molecule has 2 heterocycles. The second-order valence-corrected chi connectivity index (χ2v) is 5.65. The first-order chi connectivity index (χ1) is 10.2. The predicted molar refractivity (Wildman–Crippen MR) is 83.6 cm³/mol. The highest BCUT2D eigenvalue weighted by Gasteiger charge is 2.08. The minimum Gasteiger partial charge on any atom is -0.327 e. The standard InChI is InChI=1S/C15H13N3O2S/c19-13(17-11-5-3-9-16-15(11)20)7-8-14-18-10-4-1-2-6-12(10)21-14/h1-6,9H,7-8H2,(H,16,20)(H,17,19). The van der Waals surface area contributed by atoms with Crippen LogP contribution in [0.4, 0.5) is 5.69 Å². The summed E-state index contributed by atoms with van der Waals surface area (Å²) in [5.41, 5.74) is 0.926. The number of hydrogen-bond acceptors (Lipinski definition) is 4. The lowest BCUT2D eigenvalue weighted by Gasteiger charge is -2.02. The number of aromatic nitrogens is 2. The van der Waals surface area contributed by atoms with Crippen LogP contribution in [0, 0.1) is 0 Å². The molecule has 0 atom stereocenters. The number of rotatable bonds is 4. The Balaban J connectivity index is 1.63. The van der Waals surface area contributed by atoms with Crippen LogP contribution in [0.5, 0.6) is 0 Å². The van der Waals surface area contributed by atoms with Gasteiger partial charge in [-0.2, -0.15) is 0 Å². The molecule has 0 saturated heterocycles. The molecular weight excluding hydrogens is 286 g/mol. The minimum absolute atomic E-state index is 0.189. The lowest BCUT2D eigenvalue weighted by molar-refractivity contribution is -0.116. The number of nitrogens with one attached hydrogen (secondary N) is 2. The van der Waals surface area contributed by atoms with Crippen molar-refractivity contribution in [3.63, 3.8) is 0 Å². The van der Waals surface area contributed by atoms with Gasteiger partial charge in [0.2, 0.25) is 5.91 Å². The Hall–Kier alpha value is -2.47. The Morgan fingerprint density at radius 3 is 2.90 bits per heavy atom. The molecule has 0 spiro atoms. The van der Waals surface area contributed by atoms with Gasteiger partial charge in [-0.1, -0.05) is 12.1 Å². The van der Waals surface area contributed by atoms with Gasteiger partial charge in [0.15, 0.2) is 0 Å². The van der Waals surface area contributed by atoms with Gasteiger partial charge >= 0.3 is 0 Å². The van der Waals surface area contributed by atoms with Crippen molar-refractivity contribution in [2.75, 3.05) is 5.32 Å². The van der Waals surface area contributed by atoms with Crippen molar-refractivity contribution in [3.05, 3.63) is 58.0 Å². The van der Waals surface area contributed by atoms with Gasteiger partial charge in [-0.05, 0) is 24.3 Å². The van der Waals surface area contributed by atoms with Gasteiger partial charge in [0.05, 0.1) is 15.2 Å². The molecule has 0 aliphatic heterocycles. The Labute approximate surface area is 124 Å². The molecule has 0 aliphatic rings. The summed E-state index contributed by atoms with van der Waals surface area (Å²) >= 11 is 1.59. The second-order valence-electron chi connectivity index (χ2n) is 4.54. The molecule has 2 N–H and O–H groups in total. The molecule has 5 nitrogen and oxygen atoms in total. The lowest BCUT2D eigenvalue weighted by atomic mass is 10.3. The van der Waals surface area contributed by atoms with Crippen molar-refractivity contribution in [1.82, 2.24) is 9.97 Å². The number of para-hydroxylation sites is 1. The number of carbonyl (C=O) groups excluding carboxylic acids is 1. The van der Waals surface area contributed by atoms with E-state index < -0.39 is 0 Å². The summed E-state index contributed by atoms with van der Waals surface area (Å²) in [6.07, 6.45) is 2.39. The van der Waals surface area contributed by atoms with E-state index in [1.165, 1.54) is 6.20 Å². The summed E-state index contributed by atoms with van der Waals surface area (Å²) in [5, 5.41) is 3.53. The van der Waals surface area contributed by atoms with Crippen molar-refractivity contribution in [2.24, 2.45) is 0 Å². The first-order valence-electron chi connectivity index (χ1n) is 6.54. The van der Waals surface area contributed by atoms with E-state index in [4.69, 9.17) is 0 Å². The smallest absolute Gasteiger partial charge is 0.271 e. The van der Waals surface area contributed by atoms with Crippen molar-refractivity contribution in [1.29, 1.82) is 0 Å². The molecule has 0 saturated carbocycles. The zero-order valence-electron chi connectivity index (χ0n) is 11.1. The number of nitrogens with zero attached hydrogens (tertiary/aromatic N) is 1. The molecule has 3 aromatic rings. The number of fused-ring (bicyclic) bond motifs is 1. The number of hydrogen-bond donors (Lipinski definition) is 2. The fraction of sp³-hybridized carbons (Fsp3) is 0.133. The number of H-pyrrole nitrogens is 1. The van der Waals surface area contributed by atoms with E-state index in [1.54, 1.807) is 23.5 Å². The number of thiazole rings is 1. The Kier molecular flexibility index (Phi) is 3.79. The Morgan fingerprint density at radius 2 is 2.10 bits per heavy atom. The molecule has 1 aromatic carbocycles.